The molecular weight excluding hydrogens is 224 g/mol. The van der Waals surface area contributed by atoms with E-state index in [-0.39, 0.29) is 5.92 Å². The van der Waals surface area contributed by atoms with Gasteiger partial charge in [0.2, 0.25) is 0 Å². The molecule has 1 aromatic carbocycles. The first-order valence-corrected chi connectivity index (χ1v) is 5.76. The van der Waals surface area contributed by atoms with Gasteiger partial charge in [0.05, 0.1) is 19.1 Å². The molecule has 2 aromatic rings. The van der Waals surface area contributed by atoms with E-state index in [2.05, 4.69) is 11.1 Å². The van der Waals surface area contributed by atoms with Crippen LogP contribution in [0.5, 0.6) is 5.75 Å². The highest BCUT2D eigenvalue weighted by Crippen LogP contribution is 2.22. The molecule has 0 aliphatic carbocycles. The zero-order valence-corrected chi connectivity index (χ0v) is 10.2. The predicted molar refractivity (Wildman–Crippen MR) is 69.3 cm³/mol. The summed E-state index contributed by atoms with van der Waals surface area (Å²) < 4.78 is 5.11. The first-order chi connectivity index (χ1) is 8.83. The summed E-state index contributed by atoms with van der Waals surface area (Å²) in [6.45, 7) is 0. The molecule has 0 aliphatic rings. The minimum Gasteiger partial charge on any atom is -0.497 e. The molecule has 1 heterocycles. The molecule has 0 N–H and O–H groups in total. The highest BCUT2D eigenvalue weighted by atomic mass is 16.5. The van der Waals surface area contributed by atoms with Crippen molar-refractivity contribution in [2.24, 2.45) is 0 Å². The first-order valence-electron chi connectivity index (χ1n) is 5.76. The molecule has 18 heavy (non-hydrogen) atoms. The molecule has 0 amide bonds. The Balaban J connectivity index is 2.16. The first kappa shape index (κ1) is 12.1. The quantitative estimate of drug-likeness (QED) is 0.822. The van der Waals surface area contributed by atoms with Gasteiger partial charge in [-0.05, 0) is 35.7 Å². The second-order valence-corrected chi connectivity index (χ2v) is 4.02. The molecule has 2 rings (SSSR count). The van der Waals surface area contributed by atoms with Crippen LogP contribution in [-0.4, -0.2) is 12.1 Å². The van der Waals surface area contributed by atoms with E-state index in [9.17, 15) is 5.26 Å². The summed E-state index contributed by atoms with van der Waals surface area (Å²) in [6, 6.07) is 13.8. The Bertz CT molecular complexity index is 529. The van der Waals surface area contributed by atoms with Crippen LogP contribution in [0.25, 0.3) is 0 Å². The van der Waals surface area contributed by atoms with E-state index in [1.165, 1.54) is 0 Å². The summed E-state index contributed by atoms with van der Waals surface area (Å²) in [6.07, 6.45) is 4.21. The Morgan fingerprint density at radius 1 is 1.28 bits per heavy atom. The van der Waals surface area contributed by atoms with Crippen molar-refractivity contribution in [2.45, 2.75) is 12.3 Å². The normalized spacial score (nSPS) is 11.6. The number of nitrogens with zero attached hydrogens (tertiary/aromatic N) is 2. The second kappa shape index (κ2) is 5.83. The van der Waals surface area contributed by atoms with Gasteiger partial charge in [0.15, 0.2) is 0 Å². The molecule has 0 spiro atoms. The Hall–Kier alpha value is -2.34. The molecular formula is C15H14N2O. The highest BCUT2D eigenvalue weighted by molar-refractivity contribution is 5.33. The van der Waals surface area contributed by atoms with Gasteiger partial charge in [0.25, 0.3) is 0 Å². The molecule has 90 valence electrons. The van der Waals surface area contributed by atoms with E-state index in [1.807, 2.05) is 36.4 Å². The number of hydrogen-bond donors (Lipinski definition) is 0. The summed E-state index contributed by atoms with van der Waals surface area (Å²) >= 11 is 0. The van der Waals surface area contributed by atoms with Crippen LogP contribution in [0.2, 0.25) is 0 Å². The van der Waals surface area contributed by atoms with E-state index in [1.54, 1.807) is 19.5 Å². The number of hydrogen-bond acceptors (Lipinski definition) is 3. The average molecular weight is 238 g/mol. The van der Waals surface area contributed by atoms with Gasteiger partial charge in [0, 0.05) is 12.4 Å². The maximum atomic E-state index is 9.27. The molecule has 0 radical (unpaired) electrons. The molecule has 0 saturated carbocycles. The third-order valence-corrected chi connectivity index (χ3v) is 2.84. The van der Waals surface area contributed by atoms with Crippen molar-refractivity contribution in [1.82, 2.24) is 4.98 Å². The van der Waals surface area contributed by atoms with Crippen LogP contribution < -0.4 is 4.74 Å². The summed E-state index contributed by atoms with van der Waals surface area (Å²) in [5.74, 6) is 0.650. The van der Waals surface area contributed by atoms with Gasteiger partial charge in [0.1, 0.15) is 5.75 Å². The van der Waals surface area contributed by atoms with Gasteiger partial charge in [-0.3, -0.25) is 4.98 Å². The highest BCUT2D eigenvalue weighted by Gasteiger charge is 2.11. The van der Waals surface area contributed by atoms with Crippen LogP contribution in [0.1, 0.15) is 17.0 Å². The van der Waals surface area contributed by atoms with Gasteiger partial charge in [-0.1, -0.05) is 18.2 Å². The lowest BCUT2D eigenvalue weighted by molar-refractivity contribution is 0.414. The van der Waals surface area contributed by atoms with Crippen molar-refractivity contribution in [3.8, 4) is 11.8 Å². The molecule has 1 atom stereocenters. The number of aromatic nitrogens is 1. The fraction of sp³-hybridized carbons (Fsp3) is 0.200. The molecule has 3 nitrogen and oxygen atoms in total. The van der Waals surface area contributed by atoms with Crippen molar-refractivity contribution in [3.05, 3.63) is 59.9 Å². The number of pyridine rings is 1. The van der Waals surface area contributed by atoms with Gasteiger partial charge in [-0.2, -0.15) is 5.26 Å². The average Bonchev–Trinajstić information content (AvgIpc) is 2.46. The molecule has 3 heteroatoms. The van der Waals surface area contributed by atoms with Gasteiger partial charge >= 0.3 is 0 Å². The number of benzene rings is 1. The van der Waals surface area contributed by atoms with Crippen LogP contribution in [-0.2, 0) is 6.42 Å². The van der Waals surface area contributed by atoms with Crippen molar-refractivity contribution in [2.75, 3.05) is 7.11 Å². The number of rotatable bonds is 4. The molecule has 1 aromatic heterocycles. The number of ether oxygens (including phenoxy) is 1. The second-order valence-electron chi connectivity index (χ2n) is 4.02. The maximum Gasteiger partial charge on any atom is 0.118 e. The van der Waals surface area contributed by atoms with E-state index >= 15 is 0 Å². The van der Waals surface area contributed by atoms with Crippen molar-refractivity contribution in [1.29, 1.82) is 5.26 Å². The summed E-state index contributed by atoms with van der Waals surface area (Å²) in [5, 5.41) is 9.27. The lowest BCUT2D eigenvalue weighted by Crippen LogP contribution is -2.00. The minimum atomic E-state index is -0.153. The van der Waals surface area contributed by atoms with Crippen LogP contribution in [0.4, 0.5) is 0 Å². The SMILES string of the molecule is COc1ccc(C(C#N)Cc2cccnc2)cc1. The van der Waals surface area contributed by atoms with Gasteiger partial charge < -0.3 is 4.74 Å². The van der Waals surface area contributed by atoms with Crippen molar-refractivity contribution >= 4 is 0 Å². The zero-order valence-electron chi connectivity index (χ0n) is 10.2. The zero-order chi connectivity index (χ0) is 12.8. The topological polar surface area (TPSA) is 45.9 Å². The Morgan fingerprint density at radius 3 is 2.61 bits per heavy atom. The lowest BCUT2D eigenvalue weighted by atomic mass is 9.94. The molecule has 0 saturated heterocycles. The summed E-state index contributed by atoms with van der Waals surface area (Å²) in [4.78, 5) is 4.06. The van der Waals surface area contributed by atoms with Crippen LogP contribution >= 0.6 is 0 Å². The lowest BCUT2D eigenvalue weighted by Gasteiger charge is -2.10. The van der Waals surface area contributed by atoms with E-state index in [0.29, 0.717) is 6.42 Å². The van der Waals surface area contributed by atoms with E-state index < -0.39 is 0 Å². The standard InChI is InChI=1S/C15H14N2O/c1-18-15-6-4-13(5-7-15)14(10-16)9-12-3-2-8-17-11-12/h2-8,11,14H,9H2,1H3. The van der Waals surface area contributed by atoms with Crippen molar-refractivity contribution < 1.29 is 4.74 Å². The summed E-state index contributed by atoms with van der Waals surface area (Å²) in [5.41, 5.74) is 2.07. The van der Waals surface area contributed by atoms with Gasteiger partial charge in [-0.15, -0.1) is 0 Å². The molecule has 0 aliphatic heterocycles. The Kier molecular flexibility index (Phi) is 3.93. The van der Waals surface area contributed by atoms with Gasteiger partial charge in [-0.25, -0.2) is 0 Å². The van der Waals surface area contributed by atoms with Crippen molar-refractivity contribution in [3.63, 3.8) is 0 Å². The van der Waals surface area contributed by atoms with Crippen LogP contribution in [0, 0.1) is 11.3 Å². The summed E-state index contributed by atoms with van der Waals surface area (Å²) in [7, 11) is 1.63. The third kappa shape index (κ3) is 2.86. The molecule has 0 bridgehead atoms. The Labute approximate surface area is 107 Å². The largest absolute Gasteiger partial charge is 0.497 e. The monoisotopic (exact) mass is 238 g/mol. The number of methoxy groups -OCH3 is 1. The minimum absolute atomic E-state index is 0.153. The predicted octanol–water partition coefficient (Wildman–Crippen LogP) is 2.94. The Morgan fingerprint density at radius 2 is 2.06 bits per heavy atom. The fourth-order valence-electron chi connectivity index (χ4n) is 1.83. The smallest absolute Gasteiger partial charge is 0.118 e. The van der Waals surface area contributed by atoms with E-state index in [4.69, 9.17) is 4.74 Å². The molecule has 1 unspecified atom stereocenters. The molecule has 0 fully saturated rings. The number of nitriles is 1. The van der Waals surface area contributed by atoms with Crippen LogP contribution in [0.15, 0.2) is 48.8 Å². The van der Waals surface area contributed by atoms with Crippen LogP contribution in [0.3, 0.4) is 0 Å². The third-order valence-electron chi connectivity index (χ3n) is 2.84. The maximum absolute atomic E-state index is 9.27. The fourth-order valence-corrected chi connectivity index (χ4v) is 1.83. The van der Waals surface area contributed by atoms with E-state index in [0.717, 1.165) is 16.9 Å².